The Labute approximate surface area is 193 Å². The van der Waals surface area contributed by atoms with E-state index >= 15 is 0 Å². The van der Waals surface area contributed by atoms with Crippen LogP contribution in [0.25, 0.3) is 0 Å². The Kier molecular flexibility index (Phi) is 4.90. The van der Waals surface area contributed by atoms with E-state index in [-0.39, 0.29) is 40.0 Å². The molecule has 0 aromatic rings. The number of rotatable bonds is 2. The number of aliphatic hydroxyl groups excluding tert-OH is 1. The van der Waals surface area contributed by atoms with Gasteiger partial charge in [0.15, 0.2) is 5.78 Å². The molecule has 178 valence electrons. The Morgan fingerprint density at radius 2 is 1.69 bits per heavy atom. The van der Waals surface area contributed by atoms with E-state index < -0.39 is 6.10 Å². The minimum Gasteiger partial charge on any atom is -0.462 e. The number of aliphatic hydroxyl groups is 1. The van der Waals surface area contributed by atoms with Crippen molar-refractivity contribution in [3.05, 3.63) is 11.6 Å². The molecule has 0 amide bonds. The molecule has 0 radical (unpaired) electrons. The second kappa shape index (κ2) is 6.93. The van der Waals surface area contributed by atoms with Crippen LogP contribution in [0.2, 0.25) is 0 Å². The highest BCUT2D eigenvalue weighted by Crippen LogP contribution is 2.76. The van der Waals surface area contributed by atoms with Crippen LogP contribution in [0.5, 0.6) is 0 Å². The highest BCUT2D eigenvalue weighted by Gasteiger charge is 2.74. The van der Waals surface area contributed by atoms with Crippen molar-refractivity contribution in [2.45, 2.75) is 105 Å². The maximum absolute atomic E-state index is 12.5. The number of esters is 1. The van der Waals surface area contributed by atoms with Gasteiger partial charge < -0.3 is 9.84 Å². The number of hydrogen-bond donors (Lipinski definition) is 1. The first-order valence-corrected chi connectivity index (χ1v) is 12.9. The van der Waals surface area contributed by atoms with Crippen molar-refractivity contribution in [2.24, 2.45) is 45.3 Å². The SMILES string of the molecule is CC(=O)O[C@H]1C[C@@H]2[C@@]3(C)CCCC(C)(C)[C@@H]3CC[C@@]2(C)[C@@H]2CC=C(C(C)=O)[C@@H]3[C@H](O)C[C@@]132. The number of fused-ring (bicyclic) bond motifs is 4. The van der Waals surface area contributed by atoms with Gasteiger partial charge in [-0.05, 0) is 91.4 Å². The quantitative estimate of drug-likeness (QED) is 0.576. The minimum absolute atomic E-state index is 0.0603. The predicted octanol–water partition coefficient (Wildman–Crippen LogP) is 5.47. The third kappa shape index (κ3) is 2.71. The van der Waals surface area contributed by atoms with Gasteiger partial charge in [-0.2, -0.15) is 0 Å². The molecule has 0 heterocycles. The van der Waals surface area contributed by atoms with E-state index in [1.54, 1.807) is 6.92 Å². The zero-order chi connectivity index (χ0) is 23.3. The van der Waals surface area contributed by atoms with E-state index in [9.17, 15) is 14.7 Å². The van der Waals surface area contributed by atoms with Crippen LogP contribution < -0.4 is 0 Å². The van der Waals surface area contributed by atoms with Crippen LogP contribution in [0.3, 0.4) is 0 Å². The Balaban J connectivity index is 1.63. The monoisotopic (exact) mass is 442 g/mol. The highest BCUT2D eigenvalue weighted by atomic mass is 16.5. The smallest absolute Gasteiger partial charge is 0.302 e. The molecule has 5 aliphatic rings. The summed E-state index contributed by atoms with van der Waals surface area (Å²) in [5.41, 5.74) is 1.23. The summed E-state index contributed by atoms with van der Waals surface area (Å²) in [5.74, 6) is 1.19. The molecule has 0 aromatic heterocycles. The fraction of sp³-hybridized carbons (Fsp3) is 0.857. The molecule has 1 spiro atoms. The first-order chi connectivity index (χ1) is 14.9. The normalized spacial score (nSPS) is 51.0. The van der Waals surface area contributed by atoms with Crippen LogP contribution in [0.1, 0.15) is 92.9 Å². The second-order valence-electron chi connectivity index (χ2n) is 13.2. The van der Waals surface area contributed by atoms with Gasteiger partial charge in [-0.1, -0.05) is 40.2 Å². The number of carbonyl (C=O) groups excluding carboxylic acids is 2. The summed E-state index contributed by atoms with van der Waals surface area (Å²) in [5, 5.41) is 10.9. The van der Waals surface area contributed by atoms with Crippen LogP contribution in [-0.2, 0) is 14.3 Å². The molecule has 0 aromatic carbocycles. The molecule has 4 nitrogen and oxygen atoms in total. The fourth-order valence-electron chi connectivity index (χ4n) is 10.5. The lowest BCUT2D eigenvalue weighted by Gasteiger charge is -2.74. The Morgan fingerprint density at radius 3 is 2.31 bits per heavy atom. The molecule has 4 fully saturated rings. The number of ether oxygens (including phenoxy) is 1. The largest absolute Gasteiger partial charge is 0.462 e. The fourth-order valence-corrected chi connectivity index (χ4v) is 10.5. The lowest BCUT2D eigenvalue weighted by atomic mass is 9.31. The van der Waals surface area contributed by atoms with Crippen molar-refractivity contribution in [1.82, 2.24) is 0 Å². The van der Waals surface area contributed by atoms with Gasteiger partial charge >= 0.3 is 5.97 Å². The Bertz CT molecular complexity index is 873. The number of hydrogen-bond acceptors (Lipinski definition) is 4. The van der Waals surface area contributed by atoms with Crippen molar-refractivity contribution in [3.8, 4) is 0 Å². The van der Waals surface area contributed by atoms with Crippen molar-refractivity contribution < 1.29 is 19.4 Å². The van der Waals surface area contributed by atoms with Crippen molar-refractivity contribution in [3.63, 3.8) is 0 Å². The molecule has 4 heteroatoms. The van der Waals surface area contributed by atoms with E-state index in [1.807, 2.05) is 0 Å². The Hall–Kier alpha value is -1.16. The molecule has 0 saturated heterocycles. The van der Waals surface area contributed by atoms with E-state index in [2.05, 4.69) is 33.8 Å². The zero-order valence-electron chi connectivity index (χ0n) is 20.9. The summed E-state index contributed by atoms with van der Waals surface area (Å²) < 4.78 is 6.14. The molecular formula is C28H42O4. The summed E-state index contributed by atoms with van der Waals surface area (Å²) in [4.78, 5) is 24.8. The van der Waals surface area contributed by atoms with Crippen LogP contribution >= 0.6 is 0 Å². The number of allylic oxidation sites excluding steroid dienone is 1. The van der Waals surface area contributed by atoms with Crippen molar-refractivity contribution in [1.29, 1.82) is 0 Å². The van der Waals surface area contributed by atoms with E-state index in [1.165, 1.54) is 39.0 Å². The van der Waals surface area contributed by atoms with Gasteiger partial charge in [-0.25, -0.2) is 0 Å². The molecule has 5 aliphatic carbocycles. The lowest BCUT2D eigenvalue weighted by molar-refractivity contribution is -0.287. The third-order valence-electron chi connectivity index (χ3n) is 11.5. The zero-order valence-corrected chi connectivity index (χ0v) is 20.9. The third-order valence-corrected chi connectivity index (χ3v) is 11.5. The standard InChI is InChI=1S/C28H42O4/c1-16(29)18-8-9-21-27(6)13-10-20-25(3,4)11-7-12-26(20,5)22(27)14-23(32-17(2)30)28(21)15-19(31)24(18)28/h8,19-24,31H,7,9-15H2,1-6H3/t19-,20+,21+,22-,23+,24-,26+,27+,28-/m1/s1. The van der Waals surface area contributed by atoms with E-state index in [0.717, 1.165) is 18.4 Å². The van der Waals surface area contributed by atoms with Crippen LogP contribution in [0.4, 0.5) is 0 Å². The molecule has 9 atom stereocenters. The molecular weight excluding hydrogens is 400 g/mol. The molecule has 0 bridgehead atoms. The summed E-state index contributed by atoms with van der Waals surface area (Å²) in [6.45, 7) is 13.1. The first kappa shape index (κ1) is 22.6. The van der Waals surface area contributed by atoms with Crippen molar-refractivity contribution in [2.75, 3.05) is 0 Å². The first-order valence-electron chi connectivity index (χ1n) is 12.9. The molecule has 0 aliphatic heterocycles. The highest BCUT2D eigenvalue weighted by molar-refractivity contribution is 5.94. The van der Waals surface area contributed by atoms with Gasteiger partial charge in [-0.15, -0.1) is 0 Å². The summed E-state index contributed by atoms with van der Waals surface area (Å²) in [7, 11) is 0. The maximum Gasteiger partial charge on any atom is 0.302 e. The van der Waals surface area contributed by atoms with Gasteiger partial charge in [0.1, 0.15) is 6.10 Å². The van der Waals surface area contributed by atoms with Crippen LogP contribution in [0.15, 0.2) is 11.6 Å². The number of ketones is 1. The molecule has 1 N–H and O–H groups in total. The van der Waals surface area contributed by atoms with Gasteiger partial charge in [0.2, 0.25) is 0 Å². The lowest BCUT2D eigenvalue weighted by Crippen LogP contribution is -2.73. The van der Waals surface area contributed by atoms with Gasteiger partial charge in [0, 0.05) is 18.3 Å². The molecule has 32 heavy (non-hydrogen) atoms. The summed E-state index contributed by atoms with van der Waals surface area (Å²) in [6.07, 6.45) is 10.1. The van der Waals surface area contributed by atoms with E-state index in [4.69, 9.17) is 4.74 Å². The van der Waals surface area contributed by atoms with Gasteiger partial charge in [-0.3, -0.25) is 9.59 Å². The van der Waals surface area contributed by atoms with Gasteiger partial charge in [0.25, 0.3) is 0 Å². The molecule has 0 unspecified atom stereocenters. The molecule has 4 saturated carbocycles. The summed E-state index contributed by atoms with van der Waals surface area (Å²) >= 11 is 0. The number of carbonyl (C=O) groups is 2. The van der Waals surface area contributed by atoms with Crippen LogP contribution in [-0.4, -0.2) is 29.1 Å². The van der Waals surface area contributed by atoms with Crippen molar-refractivity contribution >= 4 is 11.8 Å². The average Bonchev–Trinajstić information content (AvgIpc) is 2.66. The predicted molar refractivity (Wildman–Crippen MR) is 124 cm³/mol. The molecule has 5 rings (SSSR count). The topological polar surface area (TPSA) is 63.6 Å². The Morgan fingerprint density at radius 1 is 1.00 bits per heavy atom. The second-order valence-corrected chi connectivity index (χ2v) is 13.2. The van der Waals surface area contributed by atoms with Gasteiger partial charge in [0.05, 0.1) is 6.10 Å². The van der Waals surface area contributed by atoms with Crippen LogP contribution in [0, 0.1) is 45.3 Å². The maximum atomic E-state index is 12.5. The summed E-state index contributed by atoms with van der Waals surface area (Å²) in [6, 6.07) is 0. The minimum atomic E-state index is -0.508. The van der Waals surface area contributed by atoms with E-state index in [0.29, 0.717) is 29.6 Å². The average molecular weight is 443 g/mol. The number of Topliss-reactive ketones (excluding diaryl/α,β-unsaturated/α-hetero) is 1.